The number of hydrogen-bond acceptors (Lipinski definition) is 7. The van der Waals surface area contributed by atoms with E-state index in [0.717, 1.165) is 16.0 Å². The zero-order chi connectivity index (χ0) is 22.4. The monoisotopic (exact) mass is 445 g/mol. The summed E-state index contributed by atoms with van der Waals surface area (Å²) in [5.74, 6) is 1.20. The molecule has 0 amide bonds. The number of fused-ring (bicyclic) bond motifs is 3. The number of imidazole rings is 1. The predicted molar refractivity (Wildman–Crippen MR) is 122 cm³/mol. The van der Waals surface area contributed by atoms with Gasteiger partial charge in [0.1, 0.15) is 5.75 Å². The van der Waals surface area contributed by atoms with Gasteiger partial charge >= 0.3 is 5.69 Å². The molecule has 1 N–H and O–H groups in total. The highest BCUT2D eigenvalue weighted by atomic mass is 35.5. The lowest BCUT2D eigenvalue weighted by Gasteiger charge is -2.29. The van der Waals surface area contributed by atoms with Crippen LogP contribution in [-0.4, -0.2) is 44.6 Å². The number of nitrogens with zero attached hydrogens (tertiary/aromatic N) is 6. The number of halogens is 1. The van der Waals surface area contributed by atoms with Crippen molar-refractivity contribution < 1.29 is 4.74 Å². The second-order valence-electron chi connectivity index (χ2n) is 7.47. The highest BCUT2D eigenvalue weighted by Gasteiger charge is 2.30. The van der Waals surface area contributed by atoms with Gasteiger partial charge in [0.15, 0.2) is 11.2 Å². The molecular weight excluding hydrogens is 422 g/mol. The number of nitrogens with one attached hydrogen (secondary N) is 1. The van der Waals surface area contributed by atoms with Crippen LogP contribution in [0.15, 0.2) is 32.9 Å². The van der Waals surface area contributed by atoms with Gasteiger partial charge in [0, 0.05) is 25.7 Å². The number of aryl methyl sites for hydroxylation is 1. The van der Waals surface area contributed by atoms with Crippen molar-refractivity contribution in [1.82, 2.24) is 18.7 Å². The first-order valence-electron chi connectivity index (χ1n) is 9.82. The molecule has 0 saturated heterocycles. The highest BCUT2D eigenvalue weighted by molar-refractivity contribution is 6.30. The third-order valence-electron chi connectivity index (χ3n) is 5.57. The third-order valence-corrected chi connectivity index (χ3v) is 5.81. The average molecular weight is 446 g/mol. The number of aromatic nitrogens is 4. The van der Waals surface area contributed by atoms with Gasteiger partial charge in [-0.15, -0.1) is 0 Å². The molecule has 1 aliphatic heterocycles. The standard InChI is InChI=1S/C20H24ClN7O3/c1-11-12(2)28-16-17(25(3)20(30)26(4)18(16)29)23-19(28)27(24-11)9-8-22-14-10-13(21)6-7-15(14)31-5/h6-7,10,12,22H,8-9H2,1-5H3/t12-/m1/s1. The number of hydrazone groups is 1. The fraction of sp³-hybridized carbons (Fsp3) is 0.400. The summed E-state index contributed by atoms with van der Waals surface area (Å²) in [6, 6.07) is 5.19. The van der Waals surface area contributed by atoms with Crippen LogP contribution in [0.3, 0.4) is 0 Å². The van der Waals surface area contributed by atoms with Crippen molar-refractivity contribution in [3.8, 4) is 5.75 Å². The first-order valence-corrected chi connectivity index (χ1v) is 10.2. The van der Waals surface area contributed by atoms with Gasteiger partial charge in [0.2, 0.25) is 5.95 Å². The van der Waals surface area contributed by atoms with Crippen LogP contribution >= 0.6 is 11.6 Å². The lowest BCUT2D eigenvalue weighted by atomic mass is 10.2. The van der Waals surface area contributed by atoms with E-state index >= 15 is 0 Å². The Morgan fingerprint density at radius 3 is 2.68 bits per heavy atom. The topological polar surface area (TPSA) is 98.7 Å². The lowest BCUT2D eigenvalue weighted by Crippen LogP contribution is -2.39. The quantitative estimate of drug-likeness (QED) is 0.644. The number of benzene rings is 1. The molecule has 3 heterocycles. The number of anilines is 2. The van der Waals surface area contributed by atoms with Crippen LogP contribution in [-0.2, 0) is 14.1 Å². The third kappa shape index (κ3) is 3.36. The Labute approximate surface area is 183 Å². The van der Waals surface area contributed by atoms with Crippen molar-refractivity contribution in [1.29, 1.82) is 0 Å². The van der Waals surface area contributed by atoms with Crippen LogP contribution in [0.4, 0.5) is 11.6 Å². The van der Waals surface area contributed by atoms with E-state index in [-0.39, 0.29) is 11.6 Å². The second-order valence-corrected chi connectivity index (χ2v) is 7.91. The molecule has 0 saturated carbocycles. The van der Waals surface area contributed by atoms with Crippen LogP contribution in [0.5, 0.6) is 5.75 Å². The predicted octanol–water partition coefficient (Wildman–Crippen LogP) is 1.96. The molecule has 0 bridgehead atoms. The van der Waals surface area contributed by atoms with E-state index in [1.165, 1.54) is 11.6 Å². The zero-order valence-electron chi connectivity index (χ0n) is 18.0. The minimum atomic E-state index is -0.417. The molecule has 4 rings (SSSR count). The van der Waals surface area contributed by atoms with E-state index < -0.39 is 5.69 Å². The maximum Gasteiger partial charge on any atom is 0.332 e. The summed E-state index contributed by atoms with van der Waals surface area (Å²) >= 11 is 6.10. The van der Waals surface area contributed by atoms with Gasteiger partial charge in [-0.05, 0) is 32.0 Å². The Kier molecular flexibility index (Phi) is 5.26. The van der Waals surface area contributed by atoms with Gasteiger partial charge in [-0.3, -0.25) is 18.5 Å². The fourth-order valence-electron chi connectivity index (χ4n) is 3.72. The largest absolute Gasteiger partial charge is 0.495 e. The maximum atomic E-state index is 12.9. The van der Waals surface area contributed by atoms with Crippen molar-refractivity contribution in [2.45, 2.75) is 19.9 Å². The van der Waals surface area contributed by atoms with Gasteiger partial charge in [-0.25, -0.2) is 9.80 Å². The van der Waals surface area contributed by atoms with Crippen molar-refractivity contribution in [2.75, 3.05) is 30.5 Å². The van der Waals surface area contributed by atoms with E-state index in [1.807, 2.05) is 18.4 Å². The summed E-state index contributed by atoms with van der Waals surface area (Å²) in [6.45, 7) is 4.85. The molecule has 10 nitrogen and oxygen atoms in total. The molecule has 0 unspecified atom stereocenters. The molecule has 0 aliphatic carbocycles. The molecule has 0 radical (unpaired) electrons. The van der Waals surface area contributed by atoms with Crippen LogP contribution < -0.4 is 26.3 Å². The minimum Gasteiger partial charge on any atom is -0.495 e. The Morgan fingerprint density at radius 1 is 1.23 bits per heavy atom. The normalized spacial score (nSPS) is 15.7. The SMILES string of the molecule is COc1ccc(Cl)cc1NCCN1N=C(C)[C@@H](C)n2c1nc1c2c(=O)n(C)c(=O)n1C. The molecule has 1 aromatic carbocycles. The molecule has 11 heteroatoms. The summed E-state index contributed by atoms with van der Waals surface area (Å²) in [7, 11) is 4.68. The molecule has 1 aliphatic rings. The smallest absolute Gasteiger partial charge is 0.332 e. The summed E-state index contributed by atoms with van der Waals surface area (Å²) in [5, 5.41) is 10.3. The van der Waals surface area contributed by atoms with Gasteiger partial charge in [0.05, 0.1) is 31.1 Å². The Bertz CT molecular complexity index is 1320. The molecule has 2 aromatic heterocycles. The molecule has 0 spiro atoms. The summed E-state index contributed by atoms with van der Waals surface area (Å²) in [4.78, 5) is 29.9. The summed E-state index contributed by atoms with van der Waals surface area (Å²) in [6.07, 6.45) is 0. The number of rotatable bonds is 5. The maximum absolute atomic E-state index is 12.9. The molecule has 3 aromatic rings. The Morgan fingerprint density at radius 2 is 1.97 bits per heavy atom. The Hall–Kier alpha value is -3.27. The van der Waals surface area contributed by atoms with Gasteiger partial charge in [0.25, 0.3) is 5.56 Å². The van der Waals surface area contributed by atoms with Crippen LogP contribution in [0.2, 0.25) is 5.02 Å². The first-order chi connectivity index (χ1) is 14.7. The van der Waals surface area contributed by atoms with Crippen LogP contribution in [0.1, 0.15) is 19.9 Å². The van der Waals surface area contributed by atoms with Crippen molar-refractivity contribution >= 4 is 40.1 Å². The average Bonchev–Trinajstić information content (AvgIpc) is 3.15. The highest BCUT2D eigenvalue weighted by Crippen LogP contribution is 2.30. The molecule has 164 valence electrons. The molecule has 1 atom stereocenters. The van der Waals surface area contributed by atoms with E-state index in [0.29, 0.717) is 41.0 Å². The minimum absolute atomic E-state index is 0.164. The number of hydrogen-bond donors (Lipinski definition) is 1. The van der Waals surface area contributed by atoms with Crippen LogP contribution in [0.25, 0.3) is 11.2 Å². The van der Waals surface area contributed by atoms with Crippen molar-refractivity contribution in [3.05, 3.63) is 44.1 Å². The summed E-state index contributed by atoms with van der Waals surface area (Å²) in [5.41, 5.74) is 1.54. The zero-order valence-corrected chi connectivity index (χ0v) is 18.8. The second kappa shape index (κ2) is 7.77. The Balaban J connectivity index is 1.71. The van der Waals surface area contributed by atoms with Gasteiger partial charge in [-0.1, -0.05) is 11.6 Å². The van der Waals surface area contributed by atoms with E-state index in [4.69, 9.17) is 16.3 Å². The first kappa shape index (κ1) is 21.0. The van der Waals surface area contributed by atoms with Gasteiger partial charge in [-0.2, -0.15) is 10.1 Å². The fourth-order valence-corrected chi connectivity index (χ4v) is 3.89. The lowest BCUT2D eigenvalue weighted by molar-refractivity contribution is 0.416. The number of ether oxygens (including phenoxy) is 1. The van der Waals surface area contributed by atoms with E-state index in [2.05, 4.69) is 15.4 Å². The van der Waals surface area contributed by atoms with Crippen molar-refractivity contribution in [3.63, 3.8) is 0 Å². The van der Waals surface area contributed by atoms with Crippen molar-refractivity contribution in [2.24, 2.45) is 19.2 Å². The molecule has 31 heavy (non-hydrogen) atoms. The van der Waals surface area contributed by atoms with E-state index in [9.17, 15) is 9.59 Å². The molecular formula is C20H24ClN7O3. The van der Waals surface area contributed by atoms with E-state index in [1.54, 1.807) is 37.4 Å². The van der Waals surface area contributed by atoms with Crippen LogP contribution in [0, 0.1) is 0 Å². The molecule has 0 fully saturated rings. The number of methoxy groups -OCH3 is 1. The van der Waals surface area contributed by atoms with Gasteiger partial charge < -0.3 is 10.1 Å². The summed E-state index contributed by atoms with van der Waals surface area (Å²) < 4.78 is 9.70.